The first-order valence-electron chi connectivity index (χ1n) is 9.50. The van der Waals surface area contributed by atoms with E-state index in [9.17, 15) is 9.59 Å². The van der Waals surface area contributed by atoms with Crippen LogP contribution in [0.25, 0.3) is 21.5 Å². The van der Waals surface area contributed by atoms with Gasteiger partial charge in [-0.25, -0.2) is 0 Å². The Morgan fingerprint density at radius 1 is 0.759 bits per heavy atom. The molecule has 0 saturated carbocycles. The highest BCUT2D eigenvalue weighted by atomic mass is 28.4. The molecule has 0 atom stereocenters. The van der Waals surface area contributed by atoms with Gasteiger partial charge in [-0.05, 0) is 52.2 Å². The highest BCUT2D eigenvalue weighted by molar-refractivity contribution is 6.60. The van der Waals surface area contributed by atoms with Crippen LogP contribution in [0.2, 0.25) is 6.04 Å². The lowest BCUT2D eigenvalue weighted by molar-refractivity contribution is 0.0647. The van der Waals surface area contributed by atoms with Gasteiger partial charge in [0.1, 0.15) is 0 Å². The van der Waals surface area contributed by atoms with Gasteiger partial charge in [0.05, 0.1) is 11.1 Å². The van der Waals surface area contributed by atoms with E-state index in [-0.39, 0.29) is 11.8 Å². The molecule has 0 bridgehead atoms. The molecule has 0 aliphatic carbocycles. The number of carbonyl (C=O) groups is 2. The van der Waals surface area contributed by atoms with E-state index in [1.54, 1.807) is 21.3 Å². The summed E-state index contributed by atoms with van der Waals surface area (Å²) in [5.41, 5.74) is 0.929. The van der Waals surface area contributed by atoms with Crippen molar-refractivity contribution in [2.45, 2.75) is 12.5 Å². The van der Waals surface area contributed by atoms with Crippen LogP contribution in [-0.4, -0.2) is 53.4 Å². The van der Waals surface area contributed by atoms with Gasteiger partial charge in [0, 0.05) is 33.9 Å². The maximum absolute atomic E-state index is 12.9. The third kappa shape index (κ3) is 3.36. The summed E-state index contributed by atoms with van der Waals surface area (Å²) in [7, 11) is 1.93. The average Bonchev–Trinajstić information content (AvgIpc) is 2.98. The second-order valence-corrected chi connectivity index (χ2v) is 10.2. The third-order valence-corrected chi connectivity index (χ3v) is 8.42. The zero-order valence-electron chi connectivity index (χ0n) is 16.7. The molecule has 4 rings (SSSR count). The molecule has 1 heterocycles. The van der Waals surface area contributed by atoms with Gasteiger partial charge in [0.15, 0.2) is 0 Å². The van der Waals surface area contributed by atoms with Crippen molar-refractivity contribution in [3.63, 3.8) is 0 Å². The number of imide groups is 1. The largest absolute Gasteiger partial charge is 0.500 e. The Morgan fingerprint density at radius 2 is 1.24 bits per heavy atom. The highest BCUT2D eigenvalue weighted by Crippen LogP contribution is 2.31. The van der Waals surface area contributed by atoms with Crippen molar-refractivity contribution in [1.82, 2.24) is 4.90 Å². The Kier molecular flexibility index (Phi) is 5.22. The quantitative estimate of drug-likeness (QED) is 0.337. The number of nitrogens with zero attached hydrogens (tertiary/aromatic N) is 1. The summed E-state index contributed by atoms with van der Waals surface area (Å²) < 4.78 is 16.2. The minimum atomic E-state index is -2.73. The van der Waals surface area contributed by atoms with Crippen LogP contribution in [0.5, 0.6) is 0 Å². The van der Waals surface area contributed by atoms with Crippen LogP contribution >= 0.6 is 0 Å². The van der Waals surface area contributed by atoms with Crippen molar-refractivity contribution in [2.75, 3.05) is 27.9 Å². The van der Waals surface area contributed by atoms with Gasteiger partial charge >= 0.3 is 8.80 Å². The first-order valence-corrected chi connectivity index (χ1v) is 11.4. The van der Waals surface area contributed by atoms with Crippen LogP contribution in [-0.2, 0) is 13.3 Å². The smallest absolute Gasteiger partial charge is 0.377 e. The normalized spacial score (nSPS) is 14.2. The lowest BCUT2D eigenvalue weighted by Gasteiger charge is -2.25. The molecular weight excluding hydrogens is 386 g/mol. The standard InChI is InChI=1S/C22H23NO5Si/c1-26-29(27-2,28-3)10-6-9-23-21(24)19-13-17-11-15-7-4-5-8-16(15)12-18(17)14-20(19)22(23)25/h4-5,7-8,11-14H,6,9-10H2,1-3H3. The molecule has 0 N–H and O–H groups in total. The lowest BCUT2D eigenvalue weighted by atomic mass is 9.99. The van der Waals surface area contributed by atoms with Gasteiger partial charge in [-0.15, -0.1) is 0 Å². The molecule has 3 aromatic rings. The maximum atomic E-state index is 12.9. The second kappa shape index (κ2) is 7.68. The van der Waals surface area contributed by atoms with Gasteiger partial charge in [-0.3, -0.25) is 14.5 Å². The minimum Gasteiger partial charge on any atom is -0.377 e. The van der Waals surface area contributed by atoms with Gasteiger partial charge in [-0.1, -0.05) is 24.3 Å². The van der Waals surface area contributed by atoms with Crippen molar-refractivity contribution in [3.05, 3.63) is 59.7 Å². The molecule has 0 fully saturated rings. The van der Waals surface area contributed by atoms with E-state index in [1.165, 1.54) is 4.90 Å². The van der Waals surface area contributed by atoms with Crippen LogP contribution in [0.3, 0.4) is 0 Å². The van der Waals surface area contributed by atoms with Crippen LogP contribution in [0.1, 0.15) is 27.1 Å². The number of hydrogen-bond acceptors (Lipinski definition) is 5. The Morgan fingerprint density at radius 3 is 1.69 bits per heavy atom. The van der Waals surface area contributed by atoms with Crippen LogP contribution in [0.4, 0.5) is 0 Å². The number of amides is 2. The Bertz CT molecular complexity index is 1030. The van der Waals surface area contributed by atoms with Crippen LogP contribution < -0.4 is 0 Å². The predicted molar refractivity (Wildman–Crippen MR) is 113 cm³/mol. The van der Waals surface area contributed by atoms with Gasteiger partial charge < -0.3 is 13.3 Å². The SMILES string of the molecule is CO[Si](CCCN1C(=O)c2cc3cc4ccccc4cc3cc2C1=O)(OC)OC. The summed E-state index contributed by atoms with van der Waals surface area (Å²) in [6, 6.07) is 16.4. The summed E-state index contributed by atoms with van der Waals surface area (Å²) in [5.74, 6) is -0.501. The summed E-state index contributed by atoms with van der Waals surface area (Å²) in [5, 5.41) is 4.12. The molecule has 6 nitrogen and oxygen atoms in total. The molecule has 3 aromatic carbocycles. The fourth-order valence-electron chi connectivity index (χ4n) is 3.94. The Labute approximate surface area is 170 Å². The van der Waals surface area contributed by atoms with E-state index in [0.29, 0.717) is 30.1 Å². The first-order chi connectivity index (χ1) is 14.0. The molecule has 0 spiro atoms. The topological polar surface area (TPSA) is 65.1 Å². The molecule has 0 radical (unpaired) electrons. The Hall–Kier alpha value is -2.58. The van der Waals surface area contributed by atoms with Crippen molar-refractivity contribution in [2.24, 2.45) is 0 Å². The van der Waals surface area contributed by atoms with Crippen LogP contribution in [0.15, 0.2) is 48.5 Å². The van der Waals surface area contributed by atoms with E-state index in [0.717, 1.165) is 21.5 Å². The second-order valence-electron chi connectivity index (χ2n) is 7.11. The molecule has 7 heteroatoms. The maximum Gasteiger partial charge on any atom is 0.500 e. The third-order valence-electron chi connectivity index (χ3n) is 5.59. The predicted octanol–water partition coefficient (Wildman–Crippen LogP) is 3.86. The fourth-order valence-corrected chi connectivity index (χ4v) is 5.65. The number of fused-ring (bicyclic) bond motifs is 3. The molecule has 0 unspecified atom stereocenters. The minimum absolute atomic E-state index is 0.250. The molecule has 1 aliphatic rings. The fraction of sp³-hybridized carbons (Fsp3) is 0.273. The molecule has 0 aromatic heterocycles. The zero-order chi connectivity index (χ0) is 20.6. The summed E-state index contributed by atoms with van der Waals surface area (Å²) in [4.78, 5) is 27.1. The van der Waals surface area contributed by atoms with Crippen LogP contribution in [0, 0.1) is 0 Å². The summed E-state index contributed by atoms with van der Waals surface area (Å²) in [6.07, 6.45) is 0.552. The average molecular weight is 410 g/mol. The van der Waals surface area contributed by atoms with E-state index >= 15 is 0 Å². The number of hydrogen-bond donors (Lipinski definition) is 0. The van der Waals surface area contributed by atoms with E-state index < -0.39 is 8.80 Å². The highest BCUT2D eigenvalue weighted by Gasteiger charge is 2.39. The first kappa shape index (κ1) is 19.7. The van der Waals surface area contributed by atoms with Crippen molar-refractivity contribution >= 4 is 42.2 Å². The van der Waals surface area contributed by atoms with Gasteiger partial charge in [-0.2, -0.15) is 0 Å². The molecular formula is C22H23NO5Si. The number of benzene rings is 3. The number of carbonyl (C=O) groups excluding carboxylic acids is 2. The van der Waals surface area contributed by atoms with Gasteiger partial charge in [0.25, 0.3) is 11.8 Å². The van der Waals surface area contributed by atoms with Crippen molar-refractivity contribution in [3.8, 4) is 0 Å². The molecule has 0 saturated heterocycles. The van der Waals surface area contributed by atoms with E-state index in [2.05, 4.69) is 12.1 Å². The Balaban J connectivity index is 1.60. The molecule has 29 heavy (non-hydrogen) atoms. The molecule has 2 amide bonds. The summed E-state index contributed by atoms with van der Waals surface area (Å²) >= 11 is 0. The van der Waals surface area contributed by atoms with E-state index in [4.69, 9.17) is 13.3 Å². The van der Waals surface area contributed by atoms with Gasteiger partial charge in [0.2, 0.25) is 0 Å². The lowest BCUT2D eigenvalue weighted by Crippen LogP contribution is -2.43. The number of rotatable bonds is 7. The zero-order valence-corrected chi connectivity index (χ0v) is 17.7. The van der Waals surface area contributed by atoms with Crippen molar-refractivity contribution in [1.29, 1.82) is 0 Å². The van der Waals surface area contributed by atoms with Crippen molar-refractivity contribution < 1.29 is 22.9 Å². The molecule has 150 valence electrons. The summed E-state index contributed by atoms with van der Waals surface area (Å²) in [6.45, 7) is 0.301. The molecule has 1 aliphatic heterocycles. The monoisotopic (exact) mass is 409 g/mol. The van der Waals surface area contributed by atoms with E-state index in [1.807, 2.05) is 36.4 Å².